The molecule has 0 N–H and O–H groups in total. The van der Waals surface area contributed by atoms with Crippen LogP contribution >= 0.6 is 0 Å². The fraction of sp³-hybridized carbons (Fsp3) is 0.333. The van der Waals surface area contributed by atoms with Crippen LogP contribution < -0.4 is 4.90 Å². The monoisotopic (exact) mass is 717 g/mol. The first kappa shape index (κ1) is 34.6. The highest BCUT2D eigenvalue weighted by atomic mass is 15.1. The van der Waals surface area contributed by atoms with Gasteiger partial charge in [-0.25, -0.2) is 0 Å². The molecule has 276 valence electrons. The minimum absolute atomic E-state index is 0.145. The van der Waals surface area contributed by atoms with E-state index < -0.39 is 0 Å². The van der Waals surface area contributed by atoms with Crippen LogP contribution in [0.2, 0.25) is 0 Å². The largest absolute Gasteiger partial charge is 0.310 e. The molecule has 0 aliphatic heterocycles. The van der Waals surface area contributed by atoms with E-state index in [0.29, 0.717) is 0 Å². The molecule has 2 bridgehead atoms. The predicted molar refractivity (Wildman–Crippen MR) is 233 cm³/mol. The van der Waals surface area contributed by atoms with Crippen molar-refractivity contribution in [3.8, 4) is 33.4 Å². The lowest BCUT2D eigenvalue weighted by atomic mass is 9.68. The summed E-state index contributed by atoms with van der Waals surface area (Å²) in [6.45, 7) is 2.43. The van der Waals surface area contributed by atoms with Gasteiger partial charge in [-0.05, 0) is 137 Å². The Hall–Kier alpha value is -4.88. The van der Waals surface area contributed by atoms with Gasteiger partial charge in [-0.2, -0.15) is 0 Å². The summed E-state index contributed by atoms with van der Waals surface area (Å²) >= 11 is 0. The first-order valence-corrected chi connectivity index (χ1v) is 21.6. The molecule has 2 fully saturated rings. The maximum Gasteiger partial charge on any atom is 0.0540 e. The number of para-hydroxylation sites is 1. The second-order valence-corrected chi connectivity index (χ2v) is 17.5. The van der Waals surface area contributed by atoms with Crippen LogP contribution in [-0.2, 0) is 18.3 Å². The van der Waals surface area contributed by atoms with Crippen molar-refractivity contribution in [2.75, 3.05) is 4.90 Å². The minimum Gasteiger partial charge on any atom is -0.310 e. The Morgan fingerprint density at radius 2 is 1.16 bits per heavy atom. The molecule has 55 heavy (non-hydrogen) atoms. The van der Waals surface area contributed by atoms with Crippen molar-refractivity contribution in [3.63, 3.8) is 0 Å². The summed E-state index contributed by atoms with van der Waals surface area (Å²) in [5, 5.41) is 0. The summed E-state index contributed by atoms with van der Waals surface area (Å²) in [4.78, 5) is 2.58. The first-order valence-electron chi connectivity index (χ1n) is 21.6. The molecule has 10 rings (SSSR count). The van der Waals surface area contributed by atoms with E-state index in [1.165, 1.54) is 139 Å². The maximum atomic E-state index is 2.58. The summed E-state index contributed by atoms with van der Waals surface area (Å²) in [7, 11) is 0. The summed E-state index contributed by atoms with van der Waals surface area (Å²) in [6.07, 6.45) is 17.0. The van der Waals surface area contributed by atoms with Crippen molar-refractivity contribution in [1.29, 1.82) is 0 Å². The second-order valence-electron chi connectivity index (χ2n) is 17.5. The zero-order chi connectivity index (χ0) is 36.8. The van der Waals surface area contributed by atoms with E-state index in [9.17, 15) is 0 Å². The third-order valence-corrected chi connectivity index (χ3v) is 14.3. The first-order chi connectivity index (χ1) is 27.2. The molecule has 3 atom stereocenters. The molecule has 6 aromatic carbocycles. The number of hydrogen-bond donors (Lipinski definition) is 0. The number of hydrogen-bond acceptors (Lipinski definition) is 1. The van der Waals surface area contributed by atoms with E-state index in [1.807, 2.05) is 0 Å². The van der Waals surface area contributed by atoms with Crippen LogP contribution in [-0.4, -0.2) is 0 Å². The third kappa shape index (κ3) is 6.25. The Morgan fingerprint density at radius 1 is 0.509 bits per heavy atom. The molecular weight excluding hydrogens is 663 g/mol. The van der Waals surface area contributed by atoms with E-state index in [2.05, 4.69) is 151 Å². The summed E-state index contributed by atoms with van der Waals surface area (Å²) < 4.78 is 0. The highest BCUT2D eigenvalue weighted by Gasteiger charge is 2.43. The van der Waals surface area contributed by atoms with Gasteiger partial charge in [0.15, 0.2) is 0 Å². The van der Waals surface area contributed by atoms with Crippen molar-refractivity contribution in [1.82, 2.24) is 0 Å². The quantitative estimate of drug-likeness (QED) is 0.172. The van der Waals surface area contributed by atoms with Crippen molar-refractivity contribution in [2.24, 2.45) is 17.8 Å². The fourth-order valence-corrected chi connectivity index (χ4v) is 11.6. The molecule has 2 saturated carbocycles. The van der Waals surface area contributed by atoms with Crippen LogP contribution in [0.25, 0.3) is 33.4 Å². The van der Waals surface area contributed by atoms with Gasteiger partial charge in [0.2, 0.25) is 0 Å². The Labute approximate surface area is 329 Å². The Balaban J connectivity index is 1.18. The van der Waals surface area contributed by atoms with E-state index in [4.69, 9.17) is 0 Å². The zero-order valence-electron chi connectivity index (χ0n) is 32.7. The van der Waals surface area contributed by atoms with Crippen molar-refractivity contribution in [3.05, 3.63) is 162 Å². The summed E-state index contributed by atoms with van der Waals surface area (Å²) in [5.74, 6) is 2.38. The number of anilines is 3. The van der Waals surface area contributed by atoms with Gasteiger partial charge in [-0.15, -0.1) is 0 Å². The molecule has 0 saturated heterocycles. The van der Waals surface area contributed by atoms with Gasteiger partial charge in [0.1, 0.15) is 0 Å². The van der Waals surface area contributed by atoms with Crippen LogP contribution in [0, 0.1) is 17.8 Å². The number of rotatable bonds is 5. The average Bonchev–Trinajstić information content (AvgIpc) is 3.49. The molecule has 1 heteroatoms. The van der Waals surface area contributed by atoms with Crippen molar-refractivity contribution < 1.29 is 0 Å². The molecule has 6 aromatic rings. The predicted octanol–water partition coefficient (Wildman–Crippen LogP) is 15.0. The van der Waals surface area contributed by atoms with E-state index in [0.717, 1.165) is 24.2 Å². The van der Waals surface area contributed by atoms with Gasteiger partial charge in [-0.3, -0.25) is 0 Å². The van der Waals surface area contributed by atoms with Crippen LogP contribution in [0.4, 0.5) is 17.1 Å². The molecule has 0 aromatic heterocycles. The lowest BCUT2D eigenvalue weighted by molar-refractivity contribution is 0.223. The average molecular weight is 718 g/mol. The normalized spacial score (nSPS) is 21.1. The van der Waals surface area contributed by atoms with Crippen LogP contribution in [0.3, 0.4) is 0 Å². The van der Waals surface area contributed by atoms with Crippen LogP contribution in [0.1, 0.15) is 99.8 Å². The molecule has 4 aliphatic carbocycles. The number of benzene rings is 6. The molecule has 4 aliphatic rings. The van der Waals surface area contributed by atoms with E-state index >= 15 is 0 Å². The Kier molecular flexibility index (Phi) is 9.21. The molecule has 3 unspecified atom stereocenters. The Morgan fingerprint density at radius 3 is 2.00 bits per heavy atom. The summed E-state index contributed by atoms with van der Waals surface area (Å²) in [6, 6.07) is 53.8. The zero-order valence-corrected chi connectivity index (χ0v) is 32.7. The minimum atomic E-state index is 0.145. The molecule has 0 heterocycles. The van der Waals surface area contributed by atoms with Gasteiger partial charge in [0, 0.05) is 22.4 Å². The lowest BCUT2D eigenvalue weighted by Crippen LogP contribution is -2.28. The molecule has 1 nitrogen and oxygen atoms in total. The Bertz CT molecular complexity index is 2310. The van der Waals surface area contributed by atoms with Crippen LogP contribution in [0.5, 0.6) is 0 Å². The van der Waals surface area contributed by atoms with Crippen molar-refractivity contribution >= 4 is 17.1 Å². The van der Waals surface area contributed by atoms with Crippen molar-refractivity contribution in [2.45, 2.75) is 95.8 Å². The highest BCUT2D eigenvalue weighted by molar-refractivity contribution is 5.92. The smallest absolute Gasteiger partial charge is 0.0540 e. The molecule has 0 radical (unpaired) electrons. The topological polar surface area (TPSA) is 3.24 Å². The van der Waals surface area contributed by atoms with Gasteiger partial charge >= 0.3 is 0 Å². The maximum absolute atomic E-state index is 2.58. The highest BCUT2D eigenvalue weighted by Crippen LogP contribution is 2.57. The standard InChI is InChI=1S/C54H55N/c1-2-38-32-39-16-15-17-40(33-39)35-42-20-7-8-21-46(42)49-36-44(27-26-43(49)34-38)55(53-25-12-10-22-47(53)41-18-5-3-6-19-41)45-28-29-52-50(37-45)48-23-9-11-24-51(48)54(52)30-13-4-14-31-54/h3,5-12,18-29,36-40H,2,4,13-17,30-35H2,1H3. The lowest BCUT2D eigenvalue weighted by Gasteiger charge is -2.36. The van der Waals surface area contributed by atoms with Gasteiger partial charge in [-0.1, -0.05) is 161 Å². The second kappa shape index (κ2) is 14.6. The molecular formula is C54H55N. The molecule has 0 amide bonds. The summed E-state index contributed by atoms with van der Waals surface area (Å²) in [5.41, 5.74) is 18.2. The number of fused-ring (bicyclic) bond motifs is 10. The molecule has 1 spiro atoms. The van der Waals surface area contributed by atoms with Gasteiger partial charge in [0.05, 0.1) is 5.69 Å². The fourth-order valence-electron chi connectivity index (χ4n) is 11.6. The van der Waals surface area contributed by atoms with Gasteiger partial charge < -0.3 is 4.90 Å². The third-order valence-electron chi connectivity index (χ3n) is 14.3. The van der Waals surface area contributed by atoms with E-state index in [1.54, 1.807) is 11.1 Å². The van der Waals surface area contributed by atoms with E-state index in [-0.39, 0.29) is 5.41 Å². The van der Waals surface area contributed by atoms with Gasteiger partial charge in [0.25, 0.3) is 0 Å². The number of nitrogens with zero attached hydrogens (tertiary/aromatic N) is 1. The van der Waals surface area contributed by atoms with Crippen LogP contribution in [0.15, 0.2) is 140 Å². The SMILES string of the molecule is CCC1Cc2ccc(N(c3ccc4c(c3)-c3ccccc3C43CCCCC3)c3ccccc3-c3ccccc3)cc2-c2ccccc2CC2CCCC(C1)C2.